The molecule has 0 spiro atoms. The molecule has 3 rings (SSSR count). The zero-order valence-electron chi connectivity index (χ0n) is 25.9. The van der Waals surface area contributed by atoms with Crippen molar-refractivity contribution in [2.45, 2.75) is 89.7 Å². The van der Waals surface area contributed by atoms with Crippen LogP contribution in [0.1, 0.15) is 83.6 Å². The molecule has 0 bridgehead atoms. The van der Waals surface area contributed by atoms with Crippen molar-refractivity contribution >= 4 is 17.6 Å². The van der Waals surface area contributed by atoms with Gasteiger partial charge in [0.1, 0.15) is 0 Å². The molecule has 1 fully saturated rings. The summed E-state index contributed by atoms with van der Waals surface area (Å²) in [5.41, 5.74) is -0.469. The molecule has 6 heteroatoms. The van der Waals surface area contributed by atoms with E-state index < -0.39 is 5.60 Å². The molecule has 0 aliphatic carbocycles. The lowest BCUT2D eigenvalue weighted by Crippen LogP contribution is -2.47. The van der Waals surface area contributed by atoms with Gasteiger partial charge in [0.2, 0.25) is 11.7 Å². The van der Waals surface area contributed by atoms with Crippen molar-refractivity contribution in [3.05, 3.63) is 108 Å². The van der Waals surface area contributed by atoms with Crippen molar-refractivity contribution in [1.82, 2.24) is 10.2 Å². The molecule has 230 valence electrons. The number of ether oxygens (including phenoxy) is 1. The Morgan fingerprint density at radius 2 is 1.44 bits per heavy atom. The number of carbonyl (C=O) groups is 3. The van der Waals surface area contributed by atoms with Crippen LogP contribution >= 0.6 is 0 Å². The van der Waals surface area contributed by atoms with E-state index in [0.717, 1.165) is 44.9 Å². The average Bonchev–Trinajstić information content (AvgIpc) is 3.34. The van der Waals surface area contributed by atoms with Crippen molar-refractivity contribution in [3.63, 3.8) is 0 Å². The lowest BCUT2D eigenvalue weighted by atomic mass is 9.92. The summed E-state index contributed by atoms with van der Waals surface area (Å²) in [5, 5.41) is 2.99. The fourth-order valence-electron chi connectivity index (χ4n) is 5.05. The normalized spacial score (nSPS) is 19.8. The number of carbonyl (C=O) groups excluding carboxylic acids is 3. The van der Waals surface area contributed by atoms with Crippen LogP contribution in [0, 0.1) is 0 Å². The van der Waals surface area contributed by atoms with Crippen LogP contribution < -0.4 is 5.32 Å². The zero-order valence-corrected chi connectivity index (χ0v) is 25.9. The third-order valence-electron chi connectivity index (χ3n) is 7.70. The van der Waals surface area contributed by atoms with E-state index in [1.54, 1.807) is 6.92 Å². The Bertz CT molecular complexity index is 1220. The van der Waals surface area contributed by atoms with Crippen molar-refractivity contribution in [1.29, 1.82) is 0 Å². The van der Waals surface area contributed by atoms with E-state index in [9.17, 15) is 14.4 Å². The maximum atomic E-state index is 12.8. The Labute approximate surface area is 258 Å². The predicted octanol–water partition coefficient (Wildman–Crippen LogP) is 7.41. The summed E-state index contributed by atoms with van der Waals surface area (Å²) in [5.74, 6) is -0.406. The molecule has 6 nitrogen and oxygen atoms in total. The van der Waals surface area contributed by atoms with Gasteiger partial charge >= 0.3 is 0 Å². The fraction of sp³-hybridized carbons (Fsp3) is 0.432. The Hall–Kier alpha value is -3.93. The number of likely N-dealkylation sites (tertiary alicyclic amines) is 1. The molecule has 1 aromatic rings. The second-order valence-electron chi connectivity index (χ2n) is 11.1. The highest BCUT2D eigenvalue weighted by Gasteiger charge is 2.43. The molecule has 1 unspecified atom stereocenters. The van der Waals surface area contributed by atoms with Gasteiger partial charge in [0.05, 0.1) is 0 Å². The number of amides is 2. The van der Waals surface area contributed by atoms with Crippen molar-refractivity contribution < 1.29 is 19.1 Å². The van der Waals surface area contributed by atoms with Crippen LogP contribution in [-0.2, 0) is 24.7 Å². The third-order valence-corrected chi connectivity index (χ3v) is 7.70. The summed E-state index contributed by atoms with van der Waals surface area (Å²) in [6, 6.07) is 9.15. The number of unbranched alkanes of at least 4 members (excludes halogenated alkanes) is 1. The maximum Gasteiger partial charge on any atom is 0.286 e. The standard InChI is InChI=1S/C37H48N2O4/c1-3-4-5-6-7-8-9-10-11-12-13-14-15-16-17-18-22-25-35(41)39-28-26-32(27-29-39)38-36(42)33-30-34(40)37(2,43-33)31-23-20-19-21-24-31/h4-5,7-8,10-11,13-14,16-17,19-21,23-24,30,32H,3,6,9,12,15,18,22,25-29H2,1-2H3,(H,38,42)/b5-4-,8-7-,11-10-,14-13-,17-16-. The van der Waals surface area contributed by atoms with E-state index in [1.165, 1.54) is 6.08 Å². The number of piperidine rings is 1. The minimum absolute atomic E-state index is 0.0462. The van der Waals surface area contributed by atoms with Crippen molar-refractivity contribution in [2.24, 2.45) is 0 Å². The van der Waals surface area contributed by atoms with Crippen LogP contribution in [0.5, 0.6) is 0 Å². The molecule has 2 aliphatic heterocycles. The van der Waals surface area contributed by atoms with E-state index in [0.29, 0.717) is 37.9 Å². The fourth-order valence-corrected chi connectivity index (χ4v) is 5.05. The highest BCUT2D eigenvalue weighted by Crippen LogP contribution is 2.34. The van der Waals surface area contributed by atoms with Crippen LogP contribution in [0.15, 0.2) is 103 Å². The molecule has 0 saturated carbocycles. The second kappa shape index (κ2) is 18.6. The van der Waals surface area contributed by atoms with Gasteiger partial charge in [-0.25, -0.2) is 0 Å². The maximum absolute atomic E-state index is 12.8. The summed E-state index contributed by atoms with van der Waals surface area (Å²) in [6.45, 7) is 5.07. The van der Waals surface area contributed by atoms with Gasteiger partial charge in [0.25, 0.3) is 5.91 Å². The molecule has 1 N–H and O–H groups in total. The van der Waals surface area contributed by atoms with Gasteiger partial charge in [0, 0.05) is 37.2 Å². The number of allylic oxidation sites excluding steroid dienone is 10. The van der Waals surface area contributed by atoms with Gasteiger partial charge in [-0.2, -0.15) is 0 Å². The number of hydrogen-bond acceptors (Lipinski definition) is 4. The third kappa shape index (κ3) is 11.3. The number of rotatable bonds is 16. The first-order chi connectivity index (χ1) is 20.9. The summed E-state index contributed by atoms with van der Waals surface area (Å²) < 4.78 is 5.85. The van der Waals surface area contributed by atoms with Crippen LogP contribution in [0.3, 0.4) is 0 Å². The van der Waals surface area contributed by atoms with E-state index in [4.69, 9.17) is 4.74 Å². The first kappa shape index (κ1) is 33.6. The van der Waals surface area contributed by atoms with Crippen LogP contribution in [0.2, 0.25) is 0 Å². The highest BCUT2D eigenvalue weighted by atomic mass is 16.5. The van der Waals surface area contributed by atoms with Gasteiger partial charge in [0.15, 0.2) is 11.4 Å². The molecule has 2 heterocycles. The van der Waals surface area contributed by atoms with E-state index in [1.807, 2.05) is 35.2 Å². The Kier molecular flexibility index (Phi) is 14.5. The molecule has 2 amide bonds. The first-order valence-corrected chi connectivity index (χ1v) is 15.8. The Morgan fingerprint density at radius 1 is 0.884 bits per heavy atom. The van der Waals surface area contributed by atoms with Crippen LogP contribution in [-0.4, -0.2) is 41.6 Å². The first-order valence-electron chi connectivity index (χ1n) is 15.8. The predicted molar refractivity (Wildman–Crippen MR) is 174 cm³/mol. The van der Waals surface area contributed by atoms with E-state index in [2.05, 4.69) is 73.0 Å². The summed E-state index contributed by atoms with van der Waals surface area (Å²) in [6.07, 6.45) is 31.7. The molecule has 1 atom stereocenters. The quantitative estimate of drug-likeness (QED) is 0.162. The largest absolute Gasteiger partial charge is 0.469 e. The number of benzene rings is 1. The minimum atomic E-state index is -1.18. The van der Waals surface area contributed by atoms with Gasteiger partial charge in [-0.15, -0.1) is 0 Å². The lowest BCUT2D eigenvalue weighted by Gasteiger charge is -2.32. The average molecular weight is 585 g/mol. The van der Waals surface area contributed by atoms with Crippen molar-refractivity contribution in [3.8, 4) is 0 Å². The van der Waals surface area contributed by atoms with Gasteiger partial charge in [-0.1, -0.05) is 98.0 Å². The summed E-state index contributed by atoms with van der Waals surface area (Å²) in [4.78, 5) is 40.0. The lowest BCUT2D eigenvalue weighted by molar-refractivity contribution is -0.132. The number of nitrogens with zero attached hydrogens (tertiary/aromatic N) is 1. The molecule has 1 saturated heterocycles. The SMILES string of the molecule is CC/C=C\C/C=C\C/C=C\C/C=C\C/C=C\CCCC(=O)N1CCC(NC(=O)C2=CC(=O)C(C)(c3ccccc3)O2)CC1. The number of hydrogen-bond donors (Lipinski definition) is 1. The topological polar surface area (TPSA) is 75.7 Å². The molecular formula is C37H48N2O4. The smallest absolute Gasteiger partial charge is 0.286 e. The molecule has 1 aromatic carbocycles. The Balaban J connectivity index is 1.24. The van der Waals surface area contributed by atoms with E-state index >= 15 is 0 Å². The molecule has 0 radical (unpaired) electrons. The highest BCUT2D eigenvalue weighted by molar-refractivity contribution is 6.07. The minimum Gasteiger partial charge on any atom is -0.469 e. The van der Waals surface area contributed by atoms with Gasteiger partial charge in [-0.3, -0.25) is 14.4 Å². The Morgan fingerprint density at radius 3 is 2.02 bits per heavy atom. The molecule has 0 aromatic heterocycles. The zero-order chi connectivity index (χ0) is 30.8. The summed E-state index contributed by atoms with van der Waals surface area (Å²) >= 11 is 0. The molecule has 43 heavy (non-hydrogen) atoms. The number of ketones is 1. The van der Waals surface area contributed by atoms with Gasteiger partial charge in [-0.05, 0) is 64.7 Å². The molecular weight excluding hydrogens is 536 g/mol. The number of nitrogens with one attached hydrogen (secondary N) is 1. The second-order valence-corrected chi connectivity index (χ2v) is 11.1. The summed E-state index contributed by atoms with van der Waals surface area (Å²) in [7, 11) is 0. The van der Waals surface area contributed by atoms with Crippen molar-refractivity contribution in [2.75, 3.05) is 13.1 Å². The molecule has 2 aliphatic rings. The van der Waals surface area contributed by atoms with Gasteiger partial charge < -0.3 is 15.0 Å². The monoisotopic (exact) mass is 584 g/mol. The van der Waals surface area contributed by atoms with E-state index in [-0.39, 0.29) is 29.4 Å². The van der Waals surface area contributed by atoms with Crippen LogP contribution in [0.4, 0.5) is 0 Å². The van der Waals surface area contributed by atoms with Crippen LogP contribution in [0.25, 0.3) is 0 Å².